The zero-order valence-corrected chi connectivity index (χ0v) is 11.2. The van der Waals surface area contributed by atoms with Crippen LogP contribution < -0.4 is 5.32 Å². The molecular formula is C13H15N3OS. The van der Waals surface area contributed by atoms with Gasteiger partial charge in [-0.2, -0.15) is 5.10 Å². The largest absolute Gasteiger partial charge is 0.310 e. The van der Waals surface area contributed by atoms with Crippen LogP contribution in [0.5, 0.6) is 0 Å². The normalized spacial score (nSPS) is 10.3. The van der Waals surface area contributed by atoms with Gasteiger partial charge in [0.1, 0.15) is 5.82 Å². The van der Waals surface area contributed by atoms with E-state index in [-0.39, 0.29) is 5.91 Å². The van der Waals surface area contributed by atoms with Crippen LogP contribution >= 0.6 is 11.8 Å². The molecule has 4 nitrogen and oxygen atoms in total. The van der Waals surface area contributed by atoms with E-state index in [1.807, 2.05) is 50.4 Å². The Morgan fingerprint density at radius 1 is 1.39 bits per heavy atom. The van der Waals surface area contributed by atoms with Crippen LogP contribution in [0.3, 0.4) is 0 Å². The first-order valence-electron chi connectivity index (χ1n) is 5.63. The topological polar surface area (TPSA) is 46.9 Å². The maximum Gasteiger partial charge on any atom is 0.235 e. The molecule has 1 aromatic carbocycles. The second kappa shape index (κ2) is 5.73. The Morgan fingerprint density at radius 2 is 2.11 bits per heavy atom. The number of nitrogens with one attached hydrogen (secondary N) is 1. The predicted molar refractivity (Wildman–Crippen MR) is 73.7 cm³/mol. The highest BCUT2D eigenvalue weighted by Crippen LogP contribution is 2.17. The number of benzene rings is 1. The molecule has 5 heteroatoms. The Bertz CT molecular complexity index is 536. The standard InChI is InChI=1S/C13H15N3OS/c1-10-8-12(16(2)15-10)14-13(17)9-18-11-6-4-3-5-7-11/h3-8H,9H2,1-2H3,(H,14,17). The van der Waals surface area contributed by atoms with Crippen molar-refractivity contribution in [3.8, 4) is 0 Å². The summed E-state index contributed by atoms with van der Waals surface area (Å²) in [5.41, 5.74) is 0.892. The minimum Gasteiger partial charge on any atom is -0.310 e. The molecule has 0 atom stereocenters. The van der Waals surface area contributed by atoms with Crippen molar-refractivity contribution in [3.63, 3.8) is 0 Å². The van der Waals surface area contributed by atoms with Crippen LogP contribution in [-0.4, -0.2) is 21.4 Å². The summed E-state index contributed by atoms with van der Waals surface area (Å²) in [5, 5.41) is 7.02. The number of amides is 1. The van der Waals surface area contributed by atoms with Crippen LogP contribution in [0.2, 0.25) is 0 Å². The summed E-state index contributed by atoms with van der Waals surface area (Å²) in [4.78, 5) is 12.9. The van der Waals surface area contributed by atoms with E-state index in [0.29, 0.717) is 5.75 Å². The molecule has 1 heterocycles. The van der Waals surface area contributed by atoms with Crippen molar-refractivity contribution in [3.05, 3.63) is 42.1 Å². The number of nitrogens with zero attached hydrogens (tertiary/aromatic N) is 2. The van der Waals surface area contributed by atoms with E-state index in [1.165, 1.54) is 11.8 Å². The van der Waals surface area contributed by atoms with Crippen LogP contribution in [0.15, 0.2) is 41.3 Å². The van der Waals surface area contributed by atoms with Crippen molar-refractivity contribution in [1.29, 1.82) is 0 Å². The van der Waals surface area contributed by atoms with Crippen molar-refractivity contribution in [2.75, 3.05) is 11.1 Å². The number of aryl methyl sites for hydroxylation is 2. The molecule has 1 N–H and O–H groups in total. The fourth-order valence-electron chi connectivity index (χ4n) is 1.57. The Kier molecular flexibility index (Phi) is 4.04. The number of aromatic nitrogens is 2. The van der Waals surface area contributed by atoms with E-state index in [2.05, 4.69) is 10.4 Å². The summed E-state index contributed by atoms with van der Waals surface area (Å²) >= 11 is 1.52. The zero-order valence-electron chi connectivity index (χ0n) is 10.4. The number of carbonyl (C=O) groups excluding carboxylic acids is 1. The van der Waals surface area contributed by atoms with Gasteiger partial charge < -0.3 is 5.32 Å². The lowest BCUT2D eigenvalue weighted by Crippen LogP contribution is -2.16. The molecule has 0 spiro atoms. The second-order valence-corrected chi connectivity index (χ2v) is 4.99. The molecule has 0 bridgehead atoms. The van der Waals surface area contributed by atoms with Gasteiger partial charge in [-0.3, -0.25) is 9.48 Å². The third kappa shape index (κ3) is 3.37. The van der Waals surface area contributed by atoms with E-state index < -0.39 is 0 Å². The molecule has 0 aliphatic heterocycles. The van der Waals surface area contributed by atoms with Gasteiger partial charge in [0.05, 0.1) is 11.4 Å². The molecule has 2 rings (SSSR count). The van der Waals surface area contributed by atoms with Gasteiger partial charge in [0.25, 0.3) is 0 Å². The molecule has 0 aliphatic rings. The number of hydrogen-bond donors (Lipinski definition) is 1. The van der Waals surface area contributed by atoms with Gasteiger partial charge in [-0.1, -0.05) is 18.2 Å². The first kappa shape index (κ1) is 12.7. The number of anilines is 1. The Labute approximate surface area is 110 Å². The van der Waals surface area contributed by atoms with Gasteiger partial charge in [-0.15, -0.1) is 11.8 Å². The first-order chi connectivity index (χ1) is 8.65. The van der Waals surface area contributed by atoms with Crippen LogP contribution in [0.1, 0.15) is 5.69 Å². The summed E-state index contributed by atoms with van der Waals surface area (Å²) in [5.74, 6) is 1.10. The Hall–Kier alpha value is -1.75. The number of hydrogen-bond acceptors (Lipinski definition) is 3. The molecule has 1 amide bonds. The SMILES string of the molecule is Cc1cc(NC(=O)CSc2ccccc2)n(C)n1. The molecule has 0 saturated carbocycles. The summed E-state index contributed by atoms with van der Waals surface area (Å²) < 4.78 is 1.67. The lowest BCUT2D eigenvalue weighted by atomic mass is 10.4. The molecular weight excluding hydrogens is 246 g/mol. The predicted octanol–water partition coefficient (Wildman–Crippen LogP) is 2.46. The van der Waals surface area contributed by atoms with Crippen molar-refractivity contribution < 1.29 is 4.79 Å². The van der Waals surface area contributed by atoms with E-state index in [9.17, 15) is 4.79 Å². The fraction of sp³-hybridized carbons (Fsp3) is 0.231. The van der Waals surface area contributed by atoms with Crippen molar-refractivity contribution in [2.24, 2.45) is 7.05 Å². The van der Waals surface area contributed by atoms with Crippen LogP contribution in [0.25, 0.3) is 0 Å². The van der Waals surface area contributed by atoms with E-state index in [0.717, 1.165) is 16.4 Å². The second-order valence-electron chi connectivity index (χ2n) is 3.94. The molecule has 0 fully saturated rings. The third-order valence-electron chi connectivity index (χ3n) is 2.38. The minimum atomic E-state index is -0.0214. The summed E-state index contributed by atoms with van der Waals surface area (Å²) in [6, 6.07) is 11.7. The highest BCUT2D eigenvalue weighted by molar-refractivity contribution is 8.00. The lowest BCUT2D eigenvalue weighted by Gasteiger charge is -2.04. The van der Waals surface area contributed by atoms with Gasteiger partial charge >= 0.3 is 0 Å². The lowest BCUT2D eigenvalue weighted by molar-refractivity contribution is -0.113. The molecule has 0 unspecified atom stereocenters. The monoisotopic (exact) mass is 261 g/mol. The van der Waals surface area contributed by atoms with E-state index >= 15 is 0 Å². The van der Waals surface area contributed by atoms with Gasteiger partial charge in [0.2, 0.25) is 5.91 Å². The van der Waals surface area contributed by atoms with Gasteiger partial charge in [0.15, 0.2) is 0 Å². The molecule has 18 heavy (non-hydrogen) atoms. The van der Waals surface area contributed by atoms with E-state index in [1.54, 1.807) is 4.68 Å². The quantitative estimate of drug-likeness (QED) is 0.860. The Morgan fingerprint density at radius 3 is 2.72 bits per heavy atom. The smallest absolute Gasteiger partial charge is 0.235 e. The molecule has 0 saturated heterocycles. The van der Waals surface area contributed by atoms with Crippen LogP contribution in [0, 0.1) is 6.92 Å². The number of thioether (sulfide) groups is 1. The van der Waals surface area contributed by atoms with Gasteiger partial charge in [0, 0.05) is 18.0 Å². The van der Waals surface area contributed by atoms with Crippen molar-refractivity contribution in [2.45, 2.75) is 11.8 Å². The molecule has 0 aliphatic carbocycles. The summed E-state index contributed by atoms with van der Waals surface area (Å²) in [6.45, 7) is 1.90. The average Bonchev–Trinajstić information content (AvgIpc) is 2.67. The summed E-state index contributed by atoms with van der Waals surface area (Å²) in [7, 11) is 1.81. The van der Waals surface area contributed by atoms with Crippen LogP contribution in [0.4, 0.5) is 5.82 Å². The summed E-state index contributed by atoms with van der Waals surface area (Å²) in [6.07, 6.45) is 0. The maximum atomic E-state index is 11.8. The van der Waals surface area contributed by atoms with Gasteiger partial charge in [-0.25, -0.2) is 0 Å². The molecule has 2 aromatic rings. The molecule has 1 aromatic heterocycles. The third-order valence-corrected chi connectivity index (χ3v) is 3.39. The highest BCUT2D eigenvalue weighted by Gasteiger charge is 2.07. The molecule has 0 radical (unpaired) electrons. The van der Waals surface area contributed by atoms with E-state index in [4.69, 9.17) is 0 Å². The van der Waals surface area contributed by atoms with Crippen molar-refractivity contribution in [1.82, 2.24) is 9.78 Å². The van der Waals surface area contributed by atoms with Gasteiger partial charge in [-0.05, 0) is 19.1 Å². The van der Waals surface area contributed by atoms with Crippen molar-refractivity contribution >= 4 is 23.5 Å². The fourth-order valence-corrected chi connectivity index (χ4v) is 2.29. The number of rotatable bonds is 4. The zero-order chi connectivity index (χ0) is 13.0. The average molecular weight is 261 g/mol. The first-order valence-corrected chi connectivity index (χ1v) is 6.62. The Balaban J connectivity index is 1.88. The minimum absolute atomic E-state index is 0.0214. The molecule has 94 valence electrons. The number of carbonyl (C=O) groups is 1. The maximum absolute atomic E-state index is 11.8. The highest BCUT2D eigenvalue weighted by atomic mass is 32.2. The van der Waals surface area contributed by atoms with Crippen LogP contribution in [-0.2, 0) is 11.8 Å².